The minimum Gasteiger partial charge on any atom is -0.477 e. The molecule has 0 aliphatic carbocycles. The fourth-order valence-corrected chi connectivity index (χ4v) is 10.8. The van der Waals surface area contributed by atoms with Gasteiger partial charge in [-0.3, -0.25) is 24.0 Å². The molecule has 12 rings (SSSR count). The Balaban J connectivity index is 0.000000178. The van der Waals surface area contributed by atoms with Gasteiger partial charge in [0.15, 0.2) is 0 Å². The Bertz CT molecular complexity index is 4740. The van der Waals surface area contributed by atoms with Crippen molar-refractivity contribution in [2.75, 3.05) is 0 Å². The van der Waals surface area contributed by atoms with Gasteiger partial charge in [-0.25, -0.2) is 9.64 Å². The number of amides is 1. The molecule has 0 fully saturated rings. The molecule has 22 heteroatoms. The number of nitrogens with zero attached hydrogens (tertiary/aromatic N) is 9. The molecule has 3 N–H and O–H groups in total. The van der Waals surface area contributed by atoms with Gasteiger partial charge in [0, 0.05) is 70.3 Å². The van der Waals surface area contributed by atoms with Gasteiger partial charge in [-0.05, 0) is 107 Å². The van der Waals surface area contributed by atoms with Crippen molar-refractivity contribution in [2.45, 2.75) is 96.4 Å². The van der Waals surface area contributed by atoms with Crippen molar-refractivity contribution < 1.29 is 32.8 Å². The van der Waals surface area contributed by atoms with E-state index in [2.05, 4.69) is 25.5 Å². The summed E-state index contributed by atoms with van der Waals surface area (Å²) in [7, 11) is 0. The molecule has 0 atom stereocenters. The minimum absolute atomic E-state index is 0. The van der Waals surface area contributed by atoms with E-state index < -0.39 is 23.0 Å². The molecule has 0 radical (unpaired) electrons. The smallest absolute Gasteiger partial charge is 0.341 e. The molecular weight excluding hydrogens is 1230 g/mol. The van der Waals surface area contributed by atoms with Gasteiger partial charge in [-0.1, -0.05) is 168 Å². The van der Waals surface area contributed by atoms with Crippen LogP contribution >= 0.6 is 11.6 Å². The van der Waals surface area contributed by atoms with Crippen molar-refractivity contribution in [3.05, 3.63) is 307 Å². The number of aromatic nitrogens is 8. The topological polar surface area (TPSA) is 277 Å². The number of pyridine rings is 4. The molecule has 486 valence electrons. The second kappa shape index (κ2) is 31.5. The molecule has 0 aliphatic heterocycles. The highest BCUT2D eigenvalue weighted by Gasteiger charge is 2.22. The van der Waals surface area contributed by atoms with E-state index in [9.17, 15) is 33.9 Å². The number of hydrogen-bond acceptors (Lipinski definition) is 14. The Morgan fingerprint density at radius 3 is 1.00 bits per heavy atom. The Morgan fingerprint density at radius 2 is 0.716 bits per heavy atom. The largest absolute Gasteiger partial charge is 0.477 e. The van der Waals surface area contributed by atoms with Crippen LogP contribution in [0.2, 0.25) is 5.02 Å². The van der Waals surface area contributed by atoms with Crippen LogP contribution in [0.5, 0.6) is 0 Å². The lowest BCUT2D eigenvalue weighted by atomic mass is 10.0. The highest BCUT2D eigenvalue weighted by molar-refractivity contribution is 6.30. The van der Waals surface area contributed by atoms with E-state index in [1.165, 1.54) is 21.3 Å². The number of benzene rings is 4. The van der Waals surface area contributed by atoms with Crippen molar-refractivity contribution >= 4 is 29.2 Å². The number of carbonyl (C=O) groups excluding carboxylic acids is 1. The van der Waals surface area contributed by atoms with Crippen molar-refractivity contribution in [1.82, 2.24) is 38.9 Å². The van der Waals surface area contributed by atoms with Crippen LogP contribution in [0.1, 0.15) is 104 Å². The molecule has 1 amide bonds. The number of aryl methyl sites for hydroxylation is 8. The Morgan fingerprint density at radius 1 is 0.442 bits per heavy atom. The summed E-state index contributed by atoms with van der Waals surface area (Å²) in [6.45, 7) is 23.3. The fraction of sp³-hybridized carbons (Fsp3) is 0.192. The molecule has 4 aromatic carbocycles. The molecule has 0 spiro atoms. The molecule has 0 saturated heterocycles. The van der Waals surface area contributed by atoms with Crippen molar-refractivity contribution in [3.63, 3.8) is 0 Å². The number of nitrogens with two attached hydrogens (primary N) is 1. The summed E-state index contributed by atoms with van der Waals surface area (Å²) in [5.41, 5.74) is 16.5. The standard InChI is InChI=1S/C18H17N3O3.C18H15N3O2.C18H16N2O4.C17H15ClN2O2.2CH4/c1-11-16(12(2)24-20-11)14-8-15(17(19)22)18(23)21(10-14)9-13-6-4-3-5-7-13;1-12-17(13(2)23-20-12)15-9-16(19-3)18(22)21(11-15)10-14-7-5-4-6-8-14;1-11-16(12(2)24-19-11)14-8-15(18(22)23)17(21)20(10-14)9-13-6-4-3-5-7-13;1-11-16(12(2)22-19-11)14-8-15(18)17(21)20(10-14)9-13-6-4-3-5-7-13;;/h3-8,10H,9H2,1-2H3,(H2,19,22);4-9,11H,10H2,1-2H3;3-8,10H,9H2,1-2H3,(H,22,23);3-8,10H,9H2,1-2H3;2*1H4. The second-order valence-corrected chi connectivity index (χ2v) is 22.1. The maximum atomic E-state index is 12.5. The van der Waals surface area contributed by atoms with E-state index >= 15 is 0 Å². The van der Waals surface area contributed by atoms with Crippen molar-refractivity contribution in [1.29, 1.82) is 0 Å². The highest BCUT2D eigenvalue weighted by atomic mass is 35.5. The first kappa shape index (κ1) is 70.7. The molecule has 8 heterocycles. The first-order valence-electron chi connectivity index (χ1n) is 29.0. The summed E-state index contributed by atoms with van der Waals surface area (Å²) in [6, 6.07) is 44.5. The minimum atomic E-state index is -1.25. The van der Waals surface area contributed by atoms with Crippen LogP contribution in [0.3, 0.4) is 0 Å². The van der Waals surface area contributed by atoms with Crippen LogP contribution in [0.15, 0.2) is 208 Å². The fourth-order valence-electron chi connectivity index (χ4n) is 10.6. The van der Waals surface area contributed by atoms with E-state index in [4.69, 9.17) is 42.0 Å². The first-order chi connectivity index (χ1) is 44.6. The van der Waals surface area contributed by atoms with E-state index in [1.807, 2.05) is 156 Å². The zero-order valence-corrected chi connectivity index (χ0v) is 52.8. The van der Waals surface area contributed by atoms with Gasteiger partial charge in [0.2, 0.25) is 0 Å². The summed E-state index contributed by atoms with van der Waals surface area (Å²) in [4.78, 5) is 76.2. The molecule has 21 nitrogen and oxygen atoms in total. The van der Waals surface area contributed by atoms with E-state index in [0.29, 0.717) is 70.8 Å². The van der Waals surface area contributed by atoms with Gasteiger partial charge < -0.3 is 47.2 Å². The zero-order chi connectivity index (χ0) is 66.6. The Kier molecular flexibility index (Phi) is 23.5. The quantitative estimate of drug-likeness (QED) is 0.0958. The van der Waals surface area contributed by atoms with Gasteiger partial charge in [0.05, 0.1) is 49.0 Å². The Labute approximate surface area is 552 Å². The molecule has 12 aromatic rings. The third kappa shape index (κ3) is 16.7. The van der Waals surface area contributed by atoms with E-state index in [0.717, 1.165) is 61.5 Å². The van der Waals surface area contributed by atoms with E-state index in [1.54, 1.807) is 66.8 Å². The molecule has 0 aliphatic rings. The van der Waals surface area contributed by atoms with Gasteiger partial charge in [-0.15, -0.1) is 0 Å². The number of carboxylic acid groups (broad SMARTS) is 1. The molecular formula is C73H71ClN10O11. The van der Waals surface area contributed by atoms with Crippen LogP contribution in [0, 0.1) is 62.0 Å². The number of carboxylic acids is 1. The number of primary amides is 1. The molecule has 0 unspecified atom stereocenters. The average Bonchev–Trinajstić information content (AvgIpc) is 1.80. The average molecular weight is 1300 g/mol. The number of hydrogen-bond donors (Lipinski definition) is 2. The number of aromatic carboxylic acids is 1. The van der Waals surface area contributed by atoms with Crippen LogP contribution in [0.4, 0.5) is 5.69 Å². The molecule has 8 aromatic heterocycles. The van der Waals surface area contributed by atoms with Crippen LogP contribution in [-0.4, -0.2) is 55.9 Å². The third-order valence-corrected chi connectivity index (χ3v) is 15.2. The van der Waals surface area contributed by atoms with Crippen LogP contribution in [0.25, 0.3) is 49.4 Å². The lowest BCUT2D eigenvalue weighted by molar-refractivity contribution is 0.0694. The van der Waals surface area contributed by atoms with Crippen LogP contribution < -0.4 is 28.0 Å². The summed E-state index contributed by atoms with van der Waals surface area (Å²) in [6.07, 6.45) is 6.91. The predicted octanol–water partition coefficient (Wildman–Crippen LogP) is 13.9. The predicted molar refractivity (Wildman–Crippen MR) is 365 cm³/mol. The SMILES string of the molecule is C.C.Cc1noc(C)c1-c1cc(C(=O)O)c(=O)n(Cc2ccccc2)c1.Cc1noc(C)c1-c1cc(C(N)=O)c(=O)n(Cc2ccccc2)c1.Cc1noc(C)c1-c1cc(Cl)c(=O)n(Cc2ccccc2)c1.[C-]#[N+]c1cc(-c2c(C)noc2C)cn(Cc2ccccc2)c1=O. The van der Waals surface area contributed by atoms with Crippen molar-refractivity contribution in [3.8, 4) is 44.5 Å². The Hall–Kier alpha value is -11.8. The van der Waals surface area contributed by atoms with Gasteiger partial charge in [-0.2, -0.15) is 0 Å². The van der Waals surface area contributed by atoms with E-state index in [-0.39, 0.29) is 54.4 Å². The van der Waals surface area contributed by atoms with Crippen LogP contribution in [-0.2, 0) is 26.2 Å². The zero-order valence-electron chi connectivity index (χ0n) is 52.0. The summed E-state index contributed by atoms with van der Waals surface area (Å²) < 4.78 is 26.8. The lowest BCUT2D eigenvalue weighted by Crippen LogP contribution is -2.29. The van der Waals surface area contributed by atoms with Gasteiger partial charge in [0.25, 0.3) is 33.8 Å². The third-order valence-electron chi connectivity index (χ3n) is 15.0. The molecule has 0 bridgehead atoms. The summed E-state index contributed by atoms with van der Waals surface area (Å²) in [5, 5.41) is 25.3. The number of rotatable bonds is 14. The second-order valence-electron chi connectivity index (χ2n) is 21.7. The summed E-state index contributed by atoms with van der Waals surface area (Å²) >= 11 is 6.12. The van der Waals surface area contributed by atoms with Gasteiger partial charge in [0.1, 0.15) is 39.2 Å². The van der Waals surface area contributed by atoms with Gasteiger partial charge >= 0.3 is 5.97 Å². The lowest BCUT2D eigenvalue weighted by Gasteiger charge is -2.11. The molecule has 95 heavy (non-hydrogen) atoms. The van der Waals surface area contributed by atoms with Crippen molar-refractivity contribution in [2.24, 2.45) is 5.73 Å². The summed E-state index contributed by atoms with van der Waals surface area (Å²) in [5.74, 6) is 0.564. The molecule has 0 saturated carbocycles. The maximum absolute atomic E-state index is 12.5. The number of carbonyl (C=O) groups is 2. The maximum Gasteiger partial charge on any atom is 0.341 e. The number of halogens is 1. The highest BCUT2D eigenvalue weighted by Crippen LogP contribution is 2.31. The monoisotopic (exact) mass is 1300 g/mol. The normalized spacial score (nSPS) is 10.5. The first-order valence-corrected chi connectivity index (χ1v) is 29.4.